The Morgan fingerprint density at radius 1 is 1.27 bits per heavy atom. The van der Waals surface area contributed by atoms with Crippen molar-refractivity contribution in [2.45, 2.75) is 12.3 Å². The van der Waals surface area contributed by atoms with Gasteiger partial charge in [-0.05, 0) is 17.3 Å². The number of ketones is 2. The second-order valence-corrected chi connectivity index (χ2v) is 3.05. The third kappa shape index (κ3) is 1.09. The number of hydrogen-bond donors (Lipinski definition) is 0. The molecule has 0 amide bonds. The van der Waals surface area contributed by atoms with Crippen molar-refractivity contribution in [3.8, 4) is 0 Å². The van der Waals surface area contributed by atoms with Gasteiger partial charge in [-0.15, -0.1) is 4.48 Å². The number of halogens is 4. The summed E-state index contributed by atoms with van der Waals surface area (Å²) in [5, 5.41) is -1.38. The summed E-state index contributed by atoms with van der Waals surface area (Å²) in [5.74, 6) is -2.78. The number of hydrogen-bond acceptors (Lipinski definition) is 3. The number of allylic oxidation sites excluding steroid dienone is 1. The molecule has 7 heteroatoms. The summed E-state index contributed by atoms with van der Waals surface area (Å²) in [6.45, 7) is 0. The first-order valence-corrected chi connectivity index (χ1v) is 3.85. The predicted octanol–water partition coefficient (Wildman–Crippen LogP) is 1.08. The van der Waals surface area contributed by atoms with Gasteiger partial charge in [-0.2, -0.15) is 8.78 Å². The number of rotatable bonds is 0. The Bertz CT molecular complexity index is 426. The molecule has 2 aliphatic rings. The molecule has 15 heavy (non-hydrogen) atoms. The molecule has 0 aromatic rings. The van der Waals surface area contributed by atoms with Crippen molar-refractivity contribution in [2.24, 2.45) is 0 Å². The van der Waals surface area contributed by atoms with Gasteiger partial charge in [-0.25, -0.2) is 4.39 Å². The molecule has 1 aliphatic heterocycles. The van der Waals surface area contributed by atoms with Crippen LogP contribution in [0.25, 0.3) is 0 Å². The molecule has 0 spiro atoms. The molecule has 0 aromatic carbocycles. The summed E-state index contributed by atoms with van der Waals surface area (Å²) < 4.78 is 51.6. The highest BCUT2D eigenvalue weighted by atomic mass is 19.3. The molecule has 2 rings (SSSR count). The molecule has 1 aliphatic carbocycles. The zero-order valence-corrected chi connectivity index (χ0v) is 7.01. The van der Waals surface area contributed by atoms with Gasteiger partial charge < -0.3 is 0 Å². The Hall–Kier alpha value is -1.50. The van der Waals surface area contributed by atoms with Gasteiger partial charge in [0.05, 0.1) is 5.57 Å². The fraction of sp³-hybridized carbons (Fsp3) is 0.250. The van der Waals surface area contributed by atoms with E-state index in [1.807, 2.05) is 0 Å². The first kappa shape index (κ1) is 10.0. The first-order chi connectivity index (χ1) is 6.87. The molecular weight excluding hydrogens is 218 g/mol. The SMILES string of the molecule is O=C1C=CC2=C(C1=O)C(F)(F)N(F)C2F. The molecule has 0 saturated carbocycles. The molecule has 0 N–H and O–H groups in total. The predicted molar refractivity (Wildman–Crippen MR) is 39.0 cm³/mol. The minimum Gasteiger partial charge on any atom is -0.286 e. The van der Waals surface area contributed by atoms with Crippen LogP contribution in [-0.2, 0) is 9.59 Å². The van der Waals surface area contributed by atoms with Gasteiger partial charge in [0.2, 0.25) is 17.9 Å². The highest BCUT2D eigenvalue weighted by Gasteiger charge is 2.59. The molecule has 0 radical (unpaired) electrons. The molecule has 0 fully saturated rings. The molecule has 80 valence electrons. The molecule has 0 saturated heterocycles. The van der Waals surface area contributed by atoms with Crippen LogP contribution in [0.4, 0.5) is 17.7 Å². The fourth-order valence-electron chi connectivity index (χ4n) is 1.46. The van der Waals surface area contributed by atoms with Crippen LogP contribution in [0.5, 0.6) is 0 Å². The third-order valence-electron chi connectivity index (χ3n) is 2.18. The van der Waals surface area contributed by atoms with E-state index < -0.39 is 40.2 Å². The lowest BCUT2D eigenvalue weighted by Crippen LogP contribution is -2.38. The monoisotopic (exact) mass is 221 g/mol. The number of nitrogens with zero attached hydrogens (tertiary/aromatic N) is 1. The average Bonchev–Trinajstić information content (AvgIpc) is 2.34. The van der Waals surface area contributed by atoms with Gasteiger partial charge in [0.1, 0.15) is 0 Å². The van der Waals surface area contributed by atoms with E-state index in [2.05, 4.69) is 0 Å². The van der Waals surface area contributed by atoms with Gasteiger partial charge >= 0.3 is 6.05 Å². The highest BCUT2D eigenvalue weighted by Crippen LogP contribution is 2.44. The summed E-state index contributed by atoms with van der Waals surface area (Å²) >= 11 is 0. The van der Waals surface area contributed by atoms with E-state index >= 15 is 0 Å². The Balaban J connectivity index is 2.61. The van der Waals surface area contributed by atoms with E-state index in [1.54, 1.807) is 0 Å². The van der Waals surface area contributed by atoms with Crippen LogP contribution in [0, 0.1) is 0 Å². The van der Waals surface area contributed by atoms with Crippen LogP contribution in [0.15, 0.2) is 23.3 Å². The molecule has 0 aromatic heterocycles. The summed E-state index contributed by atoms with van der Waals surface area (Å²) in [5.41, 5.74) is -2.21. The lowest BCUT2D eigenvalue weighted by atomic mass is 9.96. The summed E-state index contributed by atoms with van der Waals surface area (Å²) in [7, 11) is 0. The van der Waals surface area contributed by atoms with Gasteiger partial charge in [-0.3, -0.25) is 9.59 Å². The van der Waals surface area contributed by atoms with Crippen LogP contribution in [-0.4, -0.2) is 29.0 Å². The first-order valence-electron chi connectivity index (χ1n) is 3.85. The normalized spacial score (nSPS) is 30.0. The third-order valence-corrected chi connectivity index (χ3v) is 2.18. The van der Waals surface area contributed by atoms with Crippen LogP contribution in [0.3, 0.4) is 0 Å². The van der Waals surface area contributed by atoms with Crippen molar-refractivity contribution >= 4 is 11.6 Å². The zero-order chi connectivity index (χ0) is 11.4. The van der Waals surface area contributed by atoms with Gasteiger partial charge in [0.25, 0.3) is 0 Å². The van der Waals surface area contributed by atoms with Crippen LogP contribution in [0.2, 0.25) is 0 Å². The highest BCUT2D eigenvalue weighted by molar-refractivity contribution is 6.48. The number of carbonyl (C=O) groups is 2. The molecular formula is C8H3F4NO2. The van der Waals surface area contributed by atoms with Crippen LogP contribution >= 0.6 is 0 Å². The van der Waals surface area contributed by atoms with Crippen molar-refractivity contribution in [1.82, 2.24) is 5.12 Å². The van der Waals surface area contributed by atoms with Crippen LogP contribution in [0.1, 0.15) is 0 Å². The van der Waals surface area contributed by atoms with Crippen molar-refractivity contribution in [3.05, 3.63) is 23.3 Å². The second kappa shape index (κ2) is 2.75. The molecule has 1 heterocycles. The summed E-state index contributed by atoms with van der Waals surface area (Å²) in [4.78, 5) is 21.8. The minimum atomic E-state index is -4.38. The van der Waals surface area contributed by atoms with Gasteiger partial charge in [0.15, 0.2) is 0 Å². The summed E-state index contributed by atoms with van der Waals surface area (Å²) in [6, 6.07) is -4.38. The van der Waals surface area contributed by atoms with E-state index in [0.717, 1.165) is 0 Å². The quantitative estimate of drug-likeness (QED) is 0.202. The number of Topliss-reactive ketones (excluding diaryl/α,β-unsaturated/α-hetero) is 1. The van der Waals surface area contributed by atoms with Gasteiger partial charge in [-0.1, -0.05) is 0 Å². The molecule has 1 atom stereocenters. The number of carbonyl (C=O) groups excluding carboxylic acids is 2. The maximum Gasteiger partial charge on any atom is 0.363 e. The summed E-state index contributed by atoms with van der Waals surface area (Å²) in [6.07, 6.45) is -1.39. The van der Waals surface area contributed by atoms with E-state index in [4.69, 9.17) is 0 Å². The molecule has 0 bridgehead atoms. The van der Waals surface area contributed by atoms with Crippen molar-refractivity contribution in [1.29, 1.82) is 0 Å². The molecule has 3 nitrogen and oxygen atoms in total. The Morgan fingerprint density at radius 3 is 2.47 bits per heavy atom. The Morgan fingerprint density at radius 2 is 1.87 bits per heavy atom. The Labute approximate surface area is 80.6 Å². The minimum absolute atomic E-state index is 0.642. The van der Waals surface area contributed by atoms with E-state index in [1.165, 1.54) is 0 Å². The lowest BCUT2D eigenvalue weighted by Gasteiger charge is -2.17. The maximum absolute atomic E-state index is 13.0. The number of alkyl halides is 3. The lowest BCUT2D eigenvalue weighted by molar-refractivity contribution is -0.232. The average molecular weight is 221 g/mol. The van der Waals surface area contributed by atoms with Crippen molar-refractivity contribution in [3.63, 3.8) is 0 Å². The van der Waals surface area contributed by atoms with E-state index in [-0.39, 0.29) is 0 Å². The standard InChI is InChI=1S/C8H3F4NO2/c9-7-3-1-2-4(14)6(15)5(3)8(10,11)13(7)12/h1-2,7H. The zero-order valence-electron chi connectivity index (χ0n) is 7.01. The second-order valence-electron chi connectivity index (χ2n) is 3.05. The van der Waals surface area contributed by atoms with Crippen LogP contribution < -0.4 is 0 Å². The smallest absolute Gasteiger partial charge is 0.286 e. The van der Waals surface area contributed by atoms with Crippen molar-refractivity contribution in [2.75, 3.05) is 0 Å². The fourth-order valence-corrected chi connectivity index (χ4v) is 1.46. The van der Waals surface area contributed by atoms with E-state index in [9.17, 15) is 27.2 Å². The van der Waals surface area contributed by atoms with Gasteiger partial charge in [0, 0.05) is 5.57 Å². The molecule has 1 unspecified atom stereocenters. The Kier molecular flexibility index (Phi) is 1.84. The van der Waals surface area contributed by atoms with E-state index in [0.29, 0.717) is 12.2 Å². The van der Waals surface area contributed by atoms with Crippen molar-refractivity contribution < 1.29 is 27.2 Å². The largest absolute Gasteiger partial charge is 0.363 e. The topological polar surface area (TPSA) is 37.4 Å². The maximum atomic E-state index is 13.0.